The van der Waals surface area contributed by atoms with Crippen molar-refractivity contribution in [2.75, 3.05) is 5.32 Å². The maximum absolute atomic E-state index is 13.1. The van der Waals surface area contributed by atoms with E-state index in [1.165, 1.54) is 0 Å². The number of rotatable bonds is 4. The van der Waals surface area contributed by atoms with Crippen molar-refractivity contribution in [3.05, 3.63) is 81.6 Å². The number of aliphatic imine (C=N–C) groups is 1. The van der Waals surface area contributed by atoms with Crippen LogP contribution in [0.25, 0.3) is 0 Å². The number of benzene rings is 2. The number of aromatic nitrogens is 1. The SMILES string of the molecule is N#Cc1c(N=Cc2ccccc2)c(C(=O)Nc2ccc(Br)cc2)n2c1CCC2. The third kappa shape index (κ3) is 3.49. The number of anilines is 1. The molecule has 2 heterocycles. The number of carbonyl (C=O) groups is 1. The summed E-state index contributed by atoms with van der Waals surface area (Å²) in [6.07, 6.45) is 3.40. The van der Waals surface area contributed by atoms with E-state index in [4.69, 9.17) is 0 Å². The molecule has 2 aromatic carbocycles. The molecule has 0 spiro atoms. The average Bonchev–Trinajstić information content (AvgIpc) is 3.28. The monoisotopic (exact) mass is 432 g/mol. The van der Waals surface area contributed by atoms with E-state index in [0.29, 0.717) is 29.2 Å². The summed E-state index contributed by atoms with van der Waals surface area (Å²) in [5.41, 5.74) is 3.87. The van der Waals surface area contributed by atoms with Gasteiger partial charge in [-0.25, -0.2) is 0 Å². The molecule has 5 nitrogen and oxygen atoms in total. The number of carbonyl (C=O) groups excluding carboxylic acids is 1. The van der Waals surface area contributed by atoms with Crippen molar-refractivity contribution in [2.24, 2.45) is 4.99 Å². The molecule has 1 N–H and O–H groups in total. The van der Waals surface area contributed by atoms with Crippen molar-refractivity contribution >= 4 is 39.4 Å². The van der Waals surface area contributed by atoms with E-state index < -0.39 is 0 Å². The van der Waals surface area contributed by atoms with Crippen LogP contribution in [0.3, 0.4) is 0 Å². The summed E-state index contributed by atoms with van der Waals surface area (Å²) >= 11 is 3.39. The molecule has 6 heteroatoms. The zero-order chi connectivity index (χ0) is 19.5. The van der Waals surface area contributed by atoms with E-state index in [2.05, 4.69) is 32.3 Å². The lowest BCUT2D eigenvalue weighted by Gasteiger charge is -2.09. The van der Waals surface area contributed by atoms with Crippen LogP contribution in [-0.2, 0) is 13.0 Å². The largest absolute Gasteiger partial charge is 0.337 e. The van der Waals surface area contributed by atoms with Gasteiger partial charge in [0.05, 0.1) is 5.56 Å². The Kier molecular flexibility index (Phi) is 5.09. The molecular weight excluding hydrogens is 416 g/mol. The van der Waals surface area contributed by atoms with Crippen molar-refractivity contribution in [3.63, 3.8) is 0 Å². The fraction of sp³-hybridized carbons (Fsp3) is 0.136. The van der Waals surface area contributed by atoms with E-state index in [9.17, 15) is 10.1 Å². The Bertz CT molecular complexity index is 1090. The third-order valence-corrected chi connectivity index (χ3v) is 5.24. The topological polar surface area (TPSA) is 70.2 Å². The highest BCUT2D eigenvalue weighted by atomic mass is 79.9. The Morgan fingerprint density at radius 3 is 2.64 bits per heavy atom. The fourth-order valence-electron chi connectivity index (χ4n) is 3.44. The number of halogens is 1. The van der Waals surface area contributed by atoms with Gasteiger partial charge in [-0.15, -0.1) is 0 Å². The highest BCUT2D eigenvalue weighted by molar-refractivity contribution is 9.10. The molecule has 0 fully saturated rings. The molecule has 0 saturated carbocycles. The van der Waals surface area contributed by atoms with Crippen LogP contribution >= 0.6 is 15.9 Å². The van der Waals surface area contributed by atoms with Gasteiger partial charge in [-0.05, 0) is 42.7 Å². The summed E-state index contributed by atoms with van der Waals surface area (Å²) in [5, 5.41) is 12.6. The molecule has 0 unspecified atom stereocenters. The summed E-state index contributed by atoms with van der Waals surface area (Å²) in [5.74, 6) is -0.257. The van der Waals surface area contributed by atoms with E-state index in [1.54, 1.807) is 6.21 Å². The second kappa shape index (κ2) is 7.83. The number of nitriles is 1. The minimum Gasteiger partial charge on any atom is -0.337 e. The number of hydrogen-bond donors (Lipinski definition) is 1. The number of fused-ring (bicyclic) bond motifs is 1. The summed E-state index contributed by atoms with van der Waals surface area (Å²) in [6, 6.07) is 19.3. The molecule has 3 aromatic rings. The number of hydrogen-bond acceptors (Lipinski definition) is 3. The van der Waals surface area contributed by atoms with Crippen molar-refractivity contribution in [2.45, 2.75) is 19.4 Å². The first kappa shape index (κ1) is 18.2. The molecule has 0 aliphatic carbocycles. The van der Waals surface area contributed by atoms with E-state index in [0.717, 1.165) is 28.6 Å². The van der Waals surface area contributed by atoms with E-state index >= 15 is 0 Å². The maximum Gasteiger partial charge on any atom is 0.274 e. The molecule has 4 rings (SSSR count). The number of amides is 1. The standard InChI is InChI=1S/C22H17BrN4O/c23-16-8-10-17(11-9-16)26-22(28)21-20(25-14-15-5-2-1-3-6-15)18(13-24)19-7-4-12-27(19)21/h1-3,5-6,8-11,14H,4,7,12H2,(H,26,28). The van der Waals surface area contributed by atoms with Gasteiger partial charge >= 0.3 is 0 Å². The second-order valence-electron chi connectivity index (χ2n) is 6.52. The van der Waals surface area contributed by atoms with Gasteiger partial charge in [0.2, 0.25) is 0 Å². The average molecular weight is 433 g/mol. The minimum atomic E-state index is -0.257. The van der Waals surface area contributed by atoms with Crippen molar-refractivity contribution in [1.82, 2.24) is 4.57 Å². The first-order chi connectivity index (χ1) is 13.7. The van der Waals surface area contributed by atoms with Gasteiger partial charge < -0.3 is 9.88 Å². The summed E-state index contributed by atoms with van der Waals surface area (Å²) in [4.78, 5) is 17.6. The Labute approximate surface area is 171 Å². The van der Waals surface area contributed by atoms with Crippen LogP contribution in [-0.4, -0.2) is 16.7 Å². The summed E-state index contributed by atoms with van der Waals surface area (Å²) in [7, 11) is 0. The first-order valence-corrected chi connectivity index (χ1v) is 9.78. The van der Waals surface area contributed by atoms with Gasteiger partial charge in [0.1, 0.15) is 17.5 Å². The number of nitrogens with zero attached hydrogens (tertiary/aromatic N) is 3. The Morgan fingerprint density at radius 1 is 1.18 bits per heavy atom. The molecule has 1 amide bonds. The van der Waals surface area contributed by atoms with E-state index in [-0.39, 0.29) is 5.91 Å². The summed E-state index contributed by atoms with van der Waals surface area (Å²) in [6.45, 7) is 0.716. The van der Waals surface area contributed by atoms with Crippen LogP contribution in [0.5, 0.6) is 0 Å². The van der Waals surface area contributed by atoms with Crippen LogP contribution in [0.15, 0.2) is 64.1 Å². The molecular formula is C22H17BrN4O. The fourth-order valence-corrected chi connectivity index (χ4v) is 3.70. The van der Waals surface area contributed by atoms with Crippen molar-refractivity contribution in [3.8, 4) is 6.07 Å². The molecule has 0 saturated heterocycles. The lowest BCUT2D eigenvalue weighted by molar-refractivity contribution is 0.101. The molecule has 138 valence electrons. The van der Waals surface area contributed by atoms with Gasteiger partial charge in [-0.1, -0.05) is 46.3 Å². The van der Waals surface area contributed by atoms with Crippen molar-refractivity contribution in [1.29, 1.82) is 5.26 Å². The second-order valence-corrected chi connectivity index (χ2v) is 7.43. The molecule has 0 atom stereocenters. The number of nitrogens with one attached hydrogen (secondary N) is 1. The Morgan fingerprint density at radius 2 is 1.93 bits per heavy atom. The van der Waals surface area contributed by atoms with Gasteiger partial charge in [-0.3, -0.25) is 9.79 Å². The minimum absolute atomic E-state index is 0.257. The normalized spacial score (nSPS) is 12.7. The van der Waals surface area contributed by atoms with Gasteiger partial charge in [0.15, 0.2) is 0 Å². The first-order valence-electron chi connectivity index (χ1n) is 8.99. The maximum atomic E-state index is 13.1. The van der Waals surface area contributed by atoms with Gasteiger partial charge in [0.25, 0.3) is 5.91 Å². The van der Waals surface area contributed by atoms with Gasteiger partial charge in [0, 0.05) is 28.6 Å². The lowest BCUT2D eigenvalue weighted by Crippen LogP contribution is -2.16. The van der Waals surface area contributed by atoms with Gasteiger partial charge in [-0.2, -0.15) is 5.26 Å². The Hall–Kier alpha value is -3.17. The predicted molar refractivity (Wildman–Crippen MR) is 113 cm³/mol. The highest BCUT2D eigenvalue weighted by Crippen LogP contribution is 2.35. The molecule has 1 aliphatic rings. The Balaban J connectivity index is 1.75. The molecule has 1 aromatic heterocycles. The molecule has 1 aliphatic heterocycles. The highest BCUT2D eigenvalue weighted by Gasteiger charge is 2.29. The zero-order valence-corrected chi connectivity index (χ0v) is 16.6. The van der Waals surface area contributed by atoms with Crippen LogP contribution in [0.1, 0.15) is 33.7 Å². The van der Waals surface area contributed by atoms with Crippen LogP contribution < -0.4 is 5.32 Å². The zero-order valence-electron chi connectivity index (χ0n) is 15.0. The smallest absolute Gasteiger partial charge is 0.274 e. The molecule has 0 radical (unpaired) electrons. The van der Waals surface area contributed by atoms with E-state index in [1.807, 2.05) is 59.2 Å². The predicted octanol–water partition coefficient (Wildman–Crippen LogP) is 5.07. The van der Waals surface area contributed by atoms with Crippen LogP contribution in [0, 0.1) is 11.3 Å². The quantitative estimate of drug-likeness (QED) is 0.584. The van der Waals surface area contributed by atoms with Crippen LogP contribution in [0.2, 0.25) is 0 Å². The third-order valence-electron chi connectivity index (χ3n) is 4.71. The summed E-state index contributed by atoms with van der Waals surface area (Å²) < 4.78 is 2.87. The van der Waals surface area contributed by atoms with Crippen LogP contribution in [0.4, 0.5) is 11.4 Å². The van der Waals surface area contributed by atoms with Crippen molar-refractivity contribution < 1.29 is 4.79 Å². The molecule has 0 bridgehead atoms. The molecule has 28 heavy (non-hydrogen) atoms. The lowest BCUT2D eigenvalue weighted by atomic mass is 10.1.